The van der Waals surface area contributed by atoms with Crippen LogP contribution in [0.1, 0.15) is 48.2 Å². The second-order valence-corrected chi connectivity index (χ2v) is 7.39. The van der Waals surface area contributed by atoms with E-state index in [1.807, 2.05) is 20.8 Å². The van der Waals surface area contributed by atoms with E-state index < -0.39 is 12.8 Å². The lowest BCUT2D eigenvalue weighted by Crippen LogP contribution is -2.26. The number of rotatable bonds is 5. The summed E-state index contributed by atoms with van der Waals surface area (Å²) in [6.45, 7) is 8.03. The monoisotopic (exact) mass is 413 g/mol. The predicted octanol–water partition coefficient (Wildman–Crippen LogP) is 3.10. The molecule has 1 amide bonds. The quantitative estimate of drug-likeness (QED) is 0.781. The number of ether oxygens (including phenoxy) is 1. The molecule has 0 unspecified atom stereocenters. The van der Waals surface area contributed by atoms with Crippen LogP contribution in [0.25, 0.3) is 0 Å². The third kappa shape index (κ3) is 11.0. The van der Waals surface area contributed by atoms with Gasteiger partial charge in [0.15, 0.2) is 6.61 Å². The van der Waals surface area contributed by atoms with Crippen LogP contribution in [0.4, 0.5) is 13.2 Å². The summed E-state index contributed by atoms with van der Waals surface area (Å²) in [7, 11) is 0. The number of nitrogens with zero attached hydrogens (tertiary/aromatic N) is 3. The fourth-order valence-electron chi connectivity index (χ4n) is 1.83. The average Bonchev–Trinajstić information content (AvgIpc) is 2.57. The largest absolute Gasteiger partial charge is 0.468 e. The summed E-state index contributed by atoms with van der Waals surface area (Å²) in [6, 6.07) is 4.43. The van der Waals surface area contributed by atoms with Crippen molar-refractivity contribution < 1.29 is 22.7 Å². The third-order valence-electron chi connectivity index (χ3n) is 3.03. The number of amides is 1. The zero-order valence-corrected chi connectivity index (χ0v) is 17.1. The van der Waals surface area contributed by atoms with Gasteiger partial charge in [-0.1, -0.05) is 6.07 Å². The van der Waals surface area contributed by atoms with Gasteiger partial charge in [0.2, 0.25) is 5.88 Å². The van der Waals surface area contributed by atoms with Crippen LogP contribution in [-0.2, 0) is 6.54 Å². The third-order valence-corrected chi connectivity index (χ3v) is 3.03. The summed E-state index contributed by atoms with van der Waals surface area (Å²) in [4.78, 5) is 23.7. The Morgan fingerprint density at radius 1 is 1.17 bits per heavy atom. The van der Waals surface area contributed by atoms with Gasteiger partial charge < -0.3 is 15.8 Å². The second-order valence-electron chi connectivity index (χ2n) is 7.39. The Bertz CT molecular complexity index is 814. The molecule has 0 aliphatic rings. The van der Waals surface area contributed by atoms with Gasteiger partial charge in [-0.2, -0.15) is 13.2 Å². The highest BCUT2D eigenvalue weighted by Crippen LogP contribution is 2.18. The molecule has 0 saturated carbocycles. The van der Waals surface area contributed by atoms with E-state index in [4.69, 9.17) is 5.73 Å². The number of aryl methyl sites for hydroxylation is 2. The molecule has 0 radical (unpaired) electrons. The highest BCUT2D eigenvalue weighted by atomic mass is 19.4. The SMILES string of the molecule is CC(C)(C)N.Cc1cc(C(=O)NCc2ccc(OCC(F)(F)F)nc2C)ncn1. The lowest BCUT2D eigenvalue weighted by molar-refractivity contribution is -0.154. The number of hydrogen-bond donors (Lipinski definition) is 2. The maximum atomic E-state index is 12.1. The van der Waals surface area contributed by atoms with E-state index in [1.54, 1.807) is 26.0 Å². The number of hydrogen-bond acceptors (Lipinski definition) is 6. The molecule has 0 atom stereocenters. The van der Waals surface area contributed by atoms with Gasteiger partial charge in [-0.05, 0) is 46.2 Å². The van der Waals surface area contributed by atoms with Gasteiger partial charge in [0.25, 0.3) is 5.91 Å². The zero-order valence-electron chi connectivity index (χ0n) is 17.1. The molecule has 0 fully saturated rings. The first-order valence-corrected chi connectivity index (χ1v) is 8.76. The summed E-state index contributed by atoms with van der Waals surface area (Å²) in [5, 5.41) is 2.67. The lowest BCUT2D eigenvalue weighted by Gasteiger charge is -2.11. The molecule has 160 valence electrons. The molecule has 0 saturated heterocycles. The zero-order chi connectivity index (χ0) is 22.2. The first-order valence-electron chi connectivity index (χ1n) is 8.76. The van der Waals surface area contributed by atoms with Crippen molar-refractivity contribution in [2.24, 2.45) is 5.73 Å². The summed E-state index contributed by atoms with van der Waals surface area (Å²) < 4.78 is 40.9. The van der Waals surface area contributed by atoms with Crippen molar-refractivity contribution in [3.8, 4) is 5.88 Å². The molecule has 0 spiro atoms. The first kappa shape index (κ1) is 24.3. The van der Waals surface area contributed by atoms with Gasteiger partial charge >= 0.3 is 6.18 Å². The van der Waals surface area contributed by atoms with Gasteiger partial charge in [0, 0.05) is 29.5 Å². The molecule has 0 aliphatic carbocycles. The second kappa shape index (κ2) is 10.1. The van der Waals surface area contributed by atoms with Gasteiger partial charge in [0.05, 0.1) is 0 Å². The molecule has 2 aromatic heterocycles. The molecule has 0 aliphatic heterocycles. The molecule has 29 heavy (non-hydrogen) atoms. The van der Waals surface area contributed by atoms with Gasteiger partial charge in [0.1, 0.15) is 12.0 Å². The van der Waals surface area contributed by atoms with Gasteiger partial charge in [-0.15, -0.1) is 0 Å². The number of carbonyl (C=O) groups is 1. The van der Waals surface area contributed by atoms with Crippen molar-refractivity contribution in [1.29, 1.82) is 0 Å². The van der Waals surface area contributed by atoms with Crippen LogP contribution in [0.15, 0.2) is 24.5 Å². The molecular weight excluding hydrogens is 387 g/mol. The van der Waals surface area contributed by atoms with Crippen LogP contribution in [0.5, 0.6) is 5.88 Å². The van der Waals surface area contributed by atoms with E-state index in [9.17, 15) is 18.0 Å². The van der Waals surface area contributed by atoms with Gasteiger partial charge in [-0.3, -0.25) is 4.79 Å². The van der Waals surface area contributed by atoms with Crippen molar-refractivity contribution in [2.75, 3.05) is 6.61 Å². The van der Waals surface area contributed by atoms with E-state index in [2.05, 4.69) is 25.0 Å². The molecule has 3 N–H and O–H groups in total. The normalized spacial score (nSPS) is 11.3. The van der Waals surface area contributed by atoms with Crippen LogP contribution in [0, 0.1) is 13.8 Å². The predicted molar refractivity (Wildman–Crippen MR) is 102 cm³/mol. The Hall–Kier alpha value is -2.75. The van der Waals surface area contributed by atoms with Crippen molar-refractivity contribution in [2.45, 2.75) is 52.9 Å². The number of aromatic nitrogens is 3. The molecule has 2 heterocycles. The molecule has 2 rings (SSSR count). The van der Waals surface area contributed by atoms with E-state index in [0.29, 0.717) is 17.0 Å². The maximum absolute atomic E-state index is 12.1. The van der Waals surface area contributed by atoms with E-state index in [0.717, 1.165) is 0 Å². The first-order chi connectivity index (χ1) is 13.2. The number of nitrogens with one attached hydrogen (secondary N) is 1. The van der Waals surface area contributed by atoms with Crippen LogP contribution in [-0.4, -0.2) is 39.2 Å². The molecule has 10 heteroatoms. The molecular formula is C19H26F3N5O2. The smallest absolute Gasteiger partial charge is 0.422 e. The van der Waals surface area contributed by atoms with Crippen LogP contribution < -0.4 is 15.8 Å². The number of alkyl halides is 3. The summed E-state index contributed by atoms with van der Waals surface area (Å²) in [5.41, 5.74) is 7.38. The van der Waals surface area contributed by atoms with E-state index >= 15 is 0 Å². The Labute approximate surface area is 167 Å². The number of nitrogens with two attached hydrogens (primary N) is 1. The minimum absolute atomic E-state index is 0. The summed E-state index contributed by atoms with van der Waals surface area (Å²) in [6.07, 6.45) is -3.12. The fourth-order valence-corrected chi connectivity index (χ4v) is 1.83. The summed E-state index contributed by atoms with van der Waals surface area (Å²) >= 11 is 0. The van der Waals surface area contributed by atoms with Crippen LogP contribution in [0.2, 0.25) is 0 Å². The molecule has 7 nitrogen and oxygen atoms in total. The molecule has 2 aromatic rings. The van der Waals surface area contributed by atoms with Crippen LogP contribution >= 0.6 is 0 Å². The van der Waals surface area contributed by atoms with Crippen molar-refractivity contribution in [1.82, 2.24) is 20.3 Å². The number of pyridine rings is 1. The number of halogens is 3. The van der Waals surface area contributed by atoms with E-state index in [-0.39, 0.29) is 29.6 Å². The highest BCUT2D eigenvalue weighted by molar-refractivity contribution is 5.92. The summed E-state index contributed by atoms with van der Waals surface area (Å²) in [5.74, 6) is -0.497. The Morgan fingerprint density at radius 2 is 1.79 bits per heavy atom. The standard InChI is InChI=1S/C15H15F3N4O2.C4H11N/c1-9-5-12(21-8-20-9)14(23)19-6-11-3-4-13(22-10(11)2)24-7-15(16,17)18;1-4(2,3)5/h3-5,8H,6-7H2,1-2H3,(H,19,23);5H2,1-3H3. The van der Waals surface area contributed by atoms with Crippen molar-refractivity contribution in [3.63, 3.8) is 0 Å². The van der Waals surface area contributed by atoms with E-state index in [1.165, 1.54) is 12.4 Å². The van der Waals surface area contributed by atoms with Gasteiger partial charge in [-0.25, -0.2) is 15.0 Å². The Balaban J connectivity index is 0.000000749. The molecule has 0 aromatic carbocycles. The minimum atomic E-state index is -4.42. The van der Waals surface area contributed by atoms with Crippen molar-refractivity contribution in [3.05, 3.63) is 47.2 Å². The van der Waals surface area contributed by atoms with Crippen LogP contribution in [0.3, 0.4) is 0 Å². The lowest BCUT2D eigenvalue weighted by atomic mass is 10.1. The Kier molecular flexibility index (Phi) is 8.50. The Morgan fingerprint density at radius 3 is 2.31 bits per heavy atom. The maximum Gasteiger partial charge on any atom is 0.422 e. The fraction of sp³-hybridized carbons (Fsp3) is 0.474. The topological polar surface area (TPSA) is 103 Å². The average molecular weight is 413 g/mol. The highest BCUT2D eigenvalue weighted by Gasteiger charge is 2.28. The molecule has 0 bridgehead atoms. The van der Waals surface area contributed by atoms with Crippen molar-refractivity contribution >= 4 is 5.91 Å². The number of carbonyl (C=O) groups excluding carboxylic acids is 1. The minimum Gasteiger partial charge on any atom is -0.468 e.